The van der Waals surface area contributed by atoms with E-state index >= 15 is 0 Å². The maximum absolute atomic E-state index is 12.2. The van der Waals surface area contributed by atoms with Crippen LogP contribution in [-0.4, -0.2) is 19.0 Å². The quantitative estimate of drug-likeness (QED) is 0.770. The lowest BCUT2D eigenvalue weighted by molar-refractivity contribution is -0.121. The Morgan fingerprint density at radius 1 is 1.09 bits per heavy atom. The zero-order chi connectivity index (χ0) is 15.8. The molecule has 2 aromatic rings. The number of hydrogen-bond acceptors (Lipinski definition) is 2. The van der Waals surface area contributed by atoms with E-state index in [0.717, 1.165) is 17.5 Å². The minimum absolute atomic E-state index is 0.0159. The monoisotopic (exact) mass is 316 g/mol. The Morgan fingerprint density at radius 3 is 2.45 bits per heavy atom. The third-order valence-corrected chi connectivity index (χ3v) is 3.92. The summed E-state index contributed by atoms with van der Waals surface area (Å²) in [7, 11) is 0. The van der Waals surface area contributed by atoms with Gasteiger partial charge in [0.2, 0.25) is 5.91 Å². The molecule has 1 atom stereocenters. The van der Waals surface area contributed by atoms with Crippen LogP contribution in [0.4, 0.5) is 0 Å². The molecule has 0 aliphatic rings. The van der Waals surface area contributed by atoms with Gasteiger partial charge in [-0.25, -0.2) is 0 Å². The molecule has 4 heteroatoms. The van der Waals surface area contributed by atoms with Gasteiger partial charge in [0, 0.05) is 23.9 Å². The number of nitrogens with one attached hydrogen (secondary N) is 1. The molecule has 0 unspecified atom stereocenters. The van der Waals surface area contributed by atoms with E-state index in [4.69, 9.17) is 17.3 Å². The summed E-state index contributed by atoms with van der Waals surface area (Å²) < 4.78 is 0. The van der Waals surface area contributed by atoms with Gasteiger partial charge in [0.05, 0.1) is 0 Å². The van der Waals surface area contributed by atoms with Gasteiger partial charge in [-0.1, -0.05) is 60.1 Å². The molecule has 0 heterocycles. The fourth-order valence-electron chi connectivity index (χ4n) is 2.44. The van der Waals surface area contributed by atoms with E-state index in [9.17, 15) is 4.79 Å². The van der Waals surface area contributed by atoms with Crippen molar-refractivity contribution in [3.63, 3.8) is 0 Å². The fraction of sp³-hybridized carbons (Fsp3) is 0.278. The Morgan fingerprint density at radius 2 is 1.77 bits per heavy atom. The summed E-state index contributed by atoms with van der Waals surface area (Å²) in [4.78, 5) is 12.2. The molecule has 0 aromatic heterocycles. The van der Waals surface area contributed by atoms with E-state index in [0.29, 0.717) is 24.5 Å². The van der Waals surface area contributed by atoms with Crippen LogP contribution in [0.5, 0.6) is 0 Å². The van der Waals surface area contributed by atoms with E-state index in [-0.39, 0.29) is 11.8 Å². The van der Waals surface area contributed by atoms with Crippen molar-refractivity contribution in [2.45, 2.75) is 18.8 Å². The largest absolute Gasteiger partial charge is 0.356 e. The molecule has 116 valence electrons. The molecule has 0 aliphatic carbocycles. The lowest BCUT2D eigenvalue weighted by Gasteiger charge is -2.19. The minimum atomic E-state index is -0.0484. The molecule has 22 heavy (non-hydrogen) atoms. The second kappa shape index (κ2) is 8.57. The van der Waals surface area contributed by atoms with Crippen LogP contribution in [0.25, 0.3) is 0 Å². The zero-order valence-electron chi connectivity index (χ0n) is 12.5. The Kier molecular flexibility index (Phi) is 6.44. The minimum Gasteiger partial charge on any atom is -0.356 e. The van der Waals surface area contributed by atoms with Crippen LogP contribution in [0, 0.1) is 0 Å². The third-order valence-electron chi connectivity index (χ3n) is 3.58. The molecule has 0 spiro atoms. The maximum Gasteiger partial charge on any atom is 0.220 e. The van der Waals surface area contributed by atoms with E-state index < -0.39 is 0 Å². The number of rotatable bonds is 7. The van der Waals surface area contributed by atoms with Gasteiger partial charge in [0.25, 0.3) is 0 Å². The van der Waals surface area contributed by atoms with Gasteiger partial charge in [-0.05, 0) is 30.2 Å². The molecular formula is C18H21ClN2O. The number of benzene rings is 2. The summed E-state index contributed by atoms with van der Waals surface area (Å²) >= 11 is 6.33. The van der Waals surface area contributed by atoms with Gasteiger partial charge in [-0.15, -0.1) is 0 Å². The summed E-state index contributed by atoms with van der Waals surface area (Å²) in [6.07, 6.45) is 1.16. The average molecular weight is 317 g/mol. The summed E-state index contributed by atoms with van der Waals surface area (Å²) in [5.74, 6) is -0.0324. The van der Waals surface area contributed by atoms with Gasteiger partial charge >= 0.3 is 0 Å². The number of amides is 1. The predicted molar refractivity (Wildman–Crippen MR) is 91.0 cm³/mol. The topological polar surface area (TPSA) is 55.1 Å². The Labute approximate surface area is 136 Å². The van der Waals surface area contributed by atoms with E-state index in [1.165, 1.54) is 0 Å². The van der Waals surface area contributed by atoms with Crippen LogP contribution in [0.3, 0.4) is 0 Å². The molecule has 0 saturated carbocycles. The summed E-state index contributed by atoms with van der Waals surface area (Å²) in [5.41, 5.74) is 7.51. The molecule has 3 N–H and O–H groups in total. The summed E-state index contributed by atoms with van der Waals surface area (Å²) in [6.45, 7) is 1.19. The Bertz CT molecular complexity index is 601. The average Bonchev–Trinajstić information content (AvgIpc) is 2.54. The summed E-state index contributed by atoms with van der Waals surface area (Å²) in [6, 6.07) is 17.7. The number of carbonyl (C=O) groups excluding carboxylic acids is 1. The first-order valence-corrected chi connectivity index (χ1v) is 7.86. The highest BCUT2D eigenvalue weighted by Gasteiger charge is 2.20. The number of nitrogens with two attached hydrogens (primary N) is 1. The first kappa shape index (κ1) is 16.5. The number of hydrogen-bond donors (Lipinski definition) is 2. The molecule has 0 aliphatic heterocycles. The second-order valence-electron chi connectivity index (χ2n) is 5.18. The number of carbonyl (C=O) groups is 1. The Hall–Kier alpha value is -1.84. The van der Waals surface area contributed by atoms with Crippen LogP contribution in [-0.2, 0) is 4.79 Å². The molecule has 1 amide bonds. The standard InChI is InChI=1S/C18H21ClN2O/c19-17-10-5-4-9-15(17)16(14-7-2-1-3-8-14)13-18(22)21-12-6-11-20/h1-5,7-10,16H,6,11-13,20H2,(H,21,22)/t16-/m0/s1. The first-order chi connectivity index (χ1) is 10.7. The van der Waals surface area contributed by atoms with E-state index in [1.807, 2.05) is 54.6 Å². The SMILES string of the molecule is NCCCNC(=O)C[C@@H](c1ccccc1)c1ccccc1Cl. The molecule has 2 rings (SSSR count). The smallest absolute Gasteiger partial charge is 0.220 e. The van der Waals surface area contributed by atoms with E-state index in [2.05, 4.69) is 5.32 Å². The fourth-order valence-corrected chi connectivity index (χ4v) is 2.71. The summed E-state index contributed by atoms with van der Waals surface area (Å²) in [5, 5.41) is 3.60. The van der Waals surface area contributed by atoms with Gasteiger partial charge < -0.3 is 11.1 Å². The van der Waals surface area contributed by atoms with Crippen molar-refractivity contribution in [3.05, 3.63) is 70.7 Å². The Balaban J connectivity index is 2.20. The van der Waals surface area contributed by atoms with Gasteiger partial charge in [-0.3, -0.25) is 4.79 Å². The molecule has 3 nitrogen and oxygen atoms in total. The van der Waals surface area contributed by atoms with Crippen molar-refractivity contribution in [1.29, 1.82) is 0 Å². The molecular weight excluding hydrogens is 296 g/mol. The van der Waals surface area contributed by atoms with Crippen LogP contribution < -0.4 is 11.1 Å². The first-order valence-electron chi connectivity index (χ1n) is 7.48. The lowest BCUT2D eigenvalue weighted by Crippen LogP contribution is -2.27. The highest BCUT2D eigenvalue weighted by molar-refractivity contribution is 6.31. The molecule has 0 bridgehead atoms. The van der Waals surface area contributed by atoms with Crippen molar-refractivity contribution in [1.82, 2.24) is 5.32 Å². The highest BCUT2D eigenvalue weighted by Crippen LogP contribution is 2.32. The van der Waals surface area contributed by atoms with Crippen LogP contribution >= 0.6 is 11.6 Å². The van der Waals surface area contributed by atoms with Crippen molar-refractivity contribution >= 4 is 17.5 Å². The second-order valence-corrected chi connectivity index (χ2v) is 5.59. The van der Waals surface area contributed by atoms with Crippen LogP contribution in [0.1, 0.15) is 29.9 Å². The lowest BCUT2D eigenvalue weighted by atomic mass is 9.88. The van der Waals surface area contributed by atoms with Crippen molar-refractivity contribution in [2.24, 2.45) is 5.73 Å². The van der Waals surface area contributed by atoms with Gasteiger partial charge in [0.15, 0.2) is 0 Å². The maximum atomic E-state index is 12.2. The molecule has 2 aromatic carbocycles. The normalized spacial score (nSPS) is 11.9. The highest BCUT2D eigenvalue weighted by atomic mass is 35.5. The van der Waals surface area contributed by atoms with Gasteiger partial charge in [-0.2, -0.15) is 0 Å². The predicted octanol–water partition coefficient (Wildman–Crippen LogP) is 3.33. The number of halogens is 1. The van der Waals surface area contributed by atoms with Crippen molar-refractivity contribution in [3.8, 4) is 0 Å². The van der Waals surface area contributed by atoms with E-state index in [1.54, 1.807) is 0 Å². The van der Waals surface area contributed by atoms with Crippen molar-refractivity contribution < 1.29 is 4.79 Å². The van der Waals surface area contributed by atoms with Gasteiger partial charge in [0.1, 0.15) is 0 Å². The van der Waals surface area contributed by atoms with Crippen molar-refractivity contribution in [2.75, 3.05) is 13.1 Å². The molecule has 0 fully saturated rings. The molecule has 0 saturated heterocycles. The third kappa shape index (κ3) is 4.58. The zero-order valence-corrected chi connectivity index (χ0v) is 13.2. The molecule has 0 radical (unpaired) electrons. The van der Waals surface area contributed by atoms with Crippen LogP contribution in [0.15, 0.2) is 54.6 Å². The van der Waals surface area contributed by atoms with Crippen LogP contribution in [0.2, 0.25) is 5.02 Å².